The number of fused-ring (bicyclic) bond motifs is 1. The highest BCUT2D eigenvalue weighted by molar-refractivity contribution is 7.91. The maximum atomic E-state index is 13.1. The Balaban J connectivity index is 2.12. The van der Waals surface area contributed by atoms with E-state index in [1.165, 1.54) is 12.1 Å². The van der Waals surface area contributed by atoms with Crippen molar-refractivity contribution >= 4 is 32.9 Å². The molecule has 3 rings (SSSR count). The first-order chi connectivity index (χ1) is 12.6. The average Bonchev–Trinajstić information content (AvgIpc) is 2.99. The number of amides is 1. The minimum atomic E-state index is -4.01. The second-order valence-electron chi connectivity index (χ2n) is 7.04. The van der Waals surface area contributed by atoms with Gasteiger partial charge in [0.2, 0.25) is 14.9 Å². The van der Waals surface area contributed by atoms with Gasteiger partial charge in [0.05, 0.1) is 4.90 Å². The van der Waals surface area contributed by atoms with Crippen molar-refractivity contribution in [3.05, 3.63) is 42.1 Å². The topological polar surface area (TPSA) is 114 Å². The summed E-state index contributed by atoms with van der Waals surface area (Å²) in [6, 6.07) is 8.07. The normalized spacial score (nSPS) is 12.1. The van der Waals surface area contributed by atoms with Gasteiger partial charge in [-0.15, -0.1) is 0 Å². The van der Waals surface area contributed by atoms with Gasteiger partial charge in [-0.05, 0) is 51.5 Å². The van der Waals surface area contributed by atoms with Crippen LogP contribution in [-0.2, 0) is 14.6 Å². The SMILES string of the molecule is Cc1cccc(S(=O)(=O)c2nc3[nH]ccc3nc2NC(=O)OC(C)(C)C)c1. The molecule has 0 aliphatic rings. The standard InChI is InChI=1S/C18H20N4O4S/c1-11-6-5-7-12(10-11)27(24,25)16-15(22-17(23)26-18(2,3)4)20-13-8-9-19-14(13)21-16/h5-10H,1-4H3,(H,19,21)(H,20,22,23). The summed E-state index contributed by atoms with van der Waals surface area (Å²) in [4.78, 5) is 23.5. The van der Waals surface area contributed by atoms with E-state index in [2.05, 4.69) is 20.3 Å². The van der Waals surface area contributed by atoms with Crippen LogP contribution in [0.2, 0.25) is 0 Å². The summed E-state index contributed by atoms with van der Waals surface area (Å²) >= 11 is 0. The number of sulfone groups is 1. The molecule has 0 aliphatic heterocycles. The molecule has 1 amide bonds. The fraction of sp³-hybridized carbons (Fsp3) is 0.278. The number of carbonyl (C=O) groups excluding carboxylic acids is 1. The van der Waals surface area contributed by atoms with E-state index in [-0.39, 0.29) is 15.7 Å². The molecule has 2 heterocycles. The Labute approximate surface area is 156 Å². The summed E-state index contributed by atoms with van der Waals surface area (Å²) in [6.45, 7) is 6.91. The maximum absolute atomic E-state index is 13.1. The zero-order valence-electron chi connectivity index (χ0n) is 15.4. The molecule has 0 bridgehead atoms. The summed E-state index contributed by atoms with van der Waals surface area (Å²) in [5.74, 6) is -0.183. The Morgan fingerprint density at radius 3 is 2.59 bits per heavy atom. The number of carbonyl (C=O) groups is 1. The van der Waals surface area contributed by atoms with Gasteiger partial charge in [0.25, 0.3) is 0 Å². The van der Waals surface area contributed by atoms with Crippen molar-refractivity contribution in [1.82, 2.24) is 15.0 Å². The predicted molar refractivity (Wildman–Crippen MR) is 100 cm³/mol. The molecule has 0 aliphatic carbocycles. The lowest BCUT2D eigenvalue weighted by atomic mass is 10.2. The highest BCUT2D eigenvalue weighted by Crippen LogP contribution is 2.27. The van der Waals surface area contributed by atoms with Gasteiger partial charge < -0.3 is 9.72 Å². The molecule has 0 fully saturated rings. The van der Waals surface area contributed by atoms with Gasteiger partial charge >= 0.3 is 6.09 Å². The van der Waals surface area contributed by atoms with E-state index in [9.17, 15) is 13.2 Å². The van der Waals surface area contributed by atoms with Gasteiger partial charge in [0, 0.05) is 6.20 Å². The fourth-order valence-corrected chi connectivity index (χ4v) is 3.80. The van der Waals surface area contributed by atoms with Crippen molar-refractivity contribution in [3.63, 3.8) is 0 Å². The summed E-state index contributed by atoms with van der Waals surface area (Å²) < 4.78 is 31.5. The number of aryl methyl sites for hydroxylation is 1. The molecule has 0 saturated heterocycles. The number of benzene rings is 1. The van der Waals surface area contributed by atoms with Crippen LogP contribution in [0.4, 0.5) is 10.6 Å². The molecule has 8 nitrogen and oxygen atoms in total. The highest BCUT2D eigenvalue weighted by atomic mass is 32.2. The van der Waals surface area contributed by atoms with Gasteiger partial charge in [-0.1, -0.05) is 12.1 Å². The van der Waals surface area contributed by atoms with E-state index < -0.39 is 21.5 Å². The number of aromatic amines is 1. The van der Waals surface area contributed by atoms with Crippen LogP contribution in [0.25, 0.3) is 11.2 Å². The Morgan fingerprint density at radius 2 is 1.93 bits per heavy atom. The first-order valence-electron chi connectivity index (χ1n) is 8.23. The molecule has 1 aromatic carbocycles. The number of anilines is 1. The zero-order chi connectivity index (χ0) is 19.8. The minimum absolute atomic E-state index is 0.0648. The van der Waals surface area contributed by atoms with Crippen molar-refractivity contribution in [2.75, 3.05) is 5.32 Å². The Hall–Kier alpha value is -2.94. The molecule has 2 N–H and O–H groups in total. The zero-order valence-corrected chi connectivity index (χ0v) is 16.2. The van der Waals surface area contributed by atoms with Crippen LogP contribution in [0, 0.1) is 6.92 Å². The van der Waals surface area contributed by atoms with Crippen LogP contribution in [-0.4, -0.2) is 35.1 Å². The largest absolute Gasteiger partial charge is 0.444 e. The van der Waals surface area contributed by atoms with Crippen LogP contribution in [0.3, 0.4) is 0 Å². The molecule has 0 saturated carbocycles. The lowest BCUT2D eigenvalue weighted by molar-refractivity contribution is 0.0635. The number of hydrogen-bond donors (Lipinski definition) is 2. The number of ether oxygens (including phenoxy) is 1. The number of H-pyrrole nitrogens is 1. The van der Waals surface area contributed by atoms with Gasteiger partial charge in [-0.2, -0.15) is 0 Å². The highest BCUT2D eigenvalue weighted by Gasteiger charge is 2.28. The average molecular weight is 388 g/mol. The van der Waals surface area contributed by atoms with E-state index >= 15 is 0 Å². The lowest BCUT2D eigenvalue weighted by Crippen LogP contribution is -2.28. The quantitative estimate of drug-likeness (QED) is 0.710. The van der Waals surface area contributed by atoms with Gasteiger partial charge in [-0.25, -0.2) is 23.2 Å². The molecular weight excluding hydrogens is 368 g/mol. The molecule has 0 spiro atoms. The third-order valence-electron chi connectivity index (χ3n) is 3.53. The van der Waals surface area contributed by atoms with Gasteiger partial charge in [-0.3, -0.25) is 5.32 Å². The van der Waals surface area contributed by atoms with Crippen LogP contribution in [0.15, 0.2) is 46.5 Å². The summed E-state index contributed by atoms with van der Waals surface area (Å²) in [6.07, 6.45) is 0.776. The number of hydrogen-bond acceptors (Lipinski definition) is 6. The van der Waals surface area contributed by atoms with Crippen LogP contribution >= 0.6 is 0 Å². The fourth-order valence-electron chi connectivity index (χ4n) is 2.42. The van der Waals surface area contributed by atoms with E-state index in [1.807, 2.05) is 0 Å². The molecule has 0 atom stereocenters. The smallest absolute Gasteiger partial charge is 0.413 e. The number of nitrogens with one attached hydrogen (secondary N) is 2. The molecular formula is C18H20N4O4S. The molecule has 0 unspecified atom stereocenters. The predicted octanol–water partition coefficient (Wildman–Crippen LogP) is 3.45. The minimum Gasteiger partial charge on any atom is -0.444 e. The Bertz CT molecular complexity index is 1110. The summed E-state index contributed by atoms with van der Waals surface area (Å²) in [7, 11) is -4.01. The second-order valence-corrected chi connectivity index (χ2v) is 8.90. The van der Waals surface area contributed by atoms with Crippen LogP contribution in [0.1, 0.15) is 26.3 Å². The summed E-state index contributed by atoms with van der Waals surface area (Å²) in [5.41, 5.74) is 0.762. The Kier molecular flexibility index (Phi) is 4.64. The van der Waals surface area contributed by atoms with Crippen LogP contribution < -0.4 is 5.32 Å². The molecule has 2 aromatic heterocycles. The van der Waals surface area contributed by atoms with E-state index in [1.54, 1.807) is 52.1 Å². The third-order valence-corrected chi connectivity index (χ3v) is 5.19. The third kappa shape index (κ3) is 4.08. The van der Waals surface area contributed by atoms with Crippen LogP contribution in [0.5, 0.6) is 0 Å². The molecule has 9 heteroatoms. The maximum Gasteiger partial charge on any atom is 0.413 e. The molecule has 142 valence electrons. The van der Waals surface area contributed by atoms with Gasteiger partial charge in [0.15, 0.2) is 11.5 Å². The first kappa shape index (κ1) is 18.8. The van der Waals surface area contributed by atoms with E-state index in [4.69, 9.17) is 4.74 Å². The Morgan fingerprint density at radius 1 is 1.19 bits per heavy atom. The monoisotopic (exact) mass is 388 g/mol. The lowest BCUT2D eigenvalue weighted by Gasteiger charge is -2.20. The number of aromatic nitrogens is 3. The van der Waals surface area contributed by atoms with Crippen molar-refractivity contribution in [3.8, 4) is 0 Å². The molecule has 27 heavy (non-hydrogen) atoms. The van der Waals surface area contributed by atoms with Crippen molar-refractivity contribution < 1.29 is 17.9 Å². The number of rotatable bonds is 3. The van der Waals surface area contributed by atoms with E-state index in [0.29, 0.717) is 11.2 Å². The van der Waals surface area contributed by atoms with Gasteiger partial charge in [0.1, 0.15) is 11.1 Å². The van der Waals surface area contributed by atoms with Crippen molar-refractivity contribution in [1.29, 1.82) is 0 Å². The van der Waals surface area contributed by atoms with Crippen molar-refractivity contribution in [2.24, 2.45) is 0 Å². The first-order valence-corrected chi connectivity index (χ1v) is 9.71. The summed E-state index contributed by atoms with van der Waals surface area (Å²) in [5, 5.41) is 2.06. The van der Waals surface area contributed by atoms with Crippen molar-refractivity contribution in [2.45, 2.75) is 43.2 Å². The number of nitrogens with zero attached hydrogens (tertiary/aromatic N) is 2. The second kappa shape index (κ2) is 6.66. The molecule has 3 aromatic rings. The van der Waals surface area contributed by atoms with E-state index in [0.717, 1.165) is 5.56 Å². The molecule has 0 radical (unpaired) electrons.